The van der Waals surface area contributed by atoms with E-state index in [4.69, 9.17) is 10.9 Å². The Kier molecular flexibility index (Phi) is 3.98. The molecule has 1 saturated carbocycles. The molecule has 0 bridgehead atoms. The number of primary sulfonamides is 1. The number of aliphatic hydroxyl groups is 1. The van der Waals surface area contributed by atoms with Gasteiger partial charge in [0.2, 0.25) is 10.0 Å². The maximum atomic E-state index is 11.3. The van der Waals surface area contributed by atoms with Gasteiger partial charge in [-0.3, -0.25) is 0 Å². The molecule has 1 aromatic carbocycles. The van der Waals surface area contributed by atoms with Crippen LogP contribution in [0.2, 0.25) is 0 Å². The fraction of sp³-hybridized carbons (Fsp3) is 0.500. The molecule has 0 saturated heterocycles. The van der Waals surface area contributed by atoms with E-state index in [0.29, 0.717) is 18.2 Å². The monoisotopic (exact) mass is 285 g/mol. The van der Waals surface area contributed by atoms with Crippen LogP contribution in [0.15, 0.2) is 23.1 Å². The Hall–Kier alpha value is -1.31. The highest BCUT2D eigenvalue weighted by atomic mass is 32.2. The number of hydrogen-bond acceptors (Lipinski definition) is 5. The summed E-state index contributed by atoms with van der Waals surface area (Å²) in [4.78, 5) is -0.0658. The van der Waals surface area contributed by atoms with Gasteiger partial charge in [-0.15, -0.1) is 0 Å². The van der Waals surface area contributed by atoms with E-state index >= 15 is 0 Å². The highest BCUT2D eigenvalue weighted by molar-refractivity contribution is 7.89. The minimum Gasteiger partial charge on any atom is -0.396 e. The van der Waals surface area contributed by atoms with E-state index in [-0.39, 0.29) is 16.7 Å². The summed E-state index contributed by atoms with van der Waals surface area (Å²) in [6.45, 7) is 0.662. The summed E-state index contributed by atoms with van der Waals surface area (Å²) in [5, 5.41) is 17.7. The van der Waals surface area contributed by atoms with Crippen molar-refractivity contribution in [1.29, 1.82) is 0 Å². The first-order valence-corrected chi connectivity index (χ1v) is 7.76. The summed E-state index contributed by atoms with van der Waals surface area (Å²) in [5.74, 6) is 0.382. The molecule has 2 unspecified atom stereocenters. The molecule has 1 aromatic rings. The topological polar surface area (TPSA) is 118 Å². The van der Waals surface area contributed by atoms with Crippen molar-refractivity contribution >= 4 is 21.4 Å². The van der Waals surface area contributed by atoms with Crippen LogP contribution in [-0.4, -0.2) is 26.2 Å². The van der Waals surface area contributed by atoms with Crippen LogP contribution >= 0.6 is 0 Å². The zero-order valence-electron chi connectivity index (χ0n) is 10.5. The number of sulfonamides is 1. The van der Waals surface area contributed by atoms with Crippen molar-refractivity contribution in [2.45, 2.75) is 30.3 Å². The van der Waals surface area contributed by atoms with Crippen LogP contribution in [0.1, 0.15) is 19.3 Å². The quantitative estimate of drug-likeness (QED) is 0.600. The lowest BCUT2D eigenvalue weighted by atomic mass is 10.1. The fourth-order valence-electron chi connectivity index (χ4n) is 2.43. The first-order chi connectivity index (χ1) is 8.88. The molecular formula is C12H19N3O3S. The Balaban J connectivity index is 2.09. The van der Waals surface area contributed by atoms with Crippen molar-refractivity contribution in [1.82, 2.24) is 0 Å². The summed E-state index contributed by atoms with van der Waals surface area (Å²) < 4.78 is 22.7. The van der Waals surface area contributed by atoms with Crippen molar-refractivity contribution in [3.05, 3.63) is 18.2 Å². The average molecular weight is 285 g/mol. The molecule has 1 fully saturated rings. The van der Waals surface area contributed by atoms with Crippen LogP contribution in [0.3, 0.4) is 0 Å². The number of anilines is 2. The Morgan fingerprint density at radius 3 is 2.68 bits per heavy atom. The zero-order valence-corrected chi connectivity index (χ0v) is 11.4. The van der Waals surface area contributed by atoms with Gasteiger partial charge in [-0.1, -0.05) is 6.07 Å². The number of rotatable bonds is 4. The van der Waals surface area contributed by atoms with Crippen molar-refractivity contribution < 1.29 is 13.5 Å². The number of aliphatic hydroxyl groups excluding tert-OH is 1. The minimum atomic E-state index is -3.81. The summed E-state index contributed by atoms with van der Waals surface area (Å²) in [6, 6.07) is 4.70. The van der Waals surface area contributed by atoms with Crippen molar-refractivity contribution in [3.8, 4) is 0 Å². The molecule has 0 aromatic heterocycles. The number of nitrogen functional groups attached to an aromatic ring is 1. The molecule has 1 aliphatic rings. The van der Waals surface area contributed by atoms with E-state index in [9.17, 15) is 13.5 Å². The van der Waals surface area contributed by atoms with Crippen molar-refractivity contribution in [3.63, 3.8) is 0 Å². The molecule has 106 valence electrons. The number of nitrogens with two attached hydrogens (primary N) is 2. The highest BCUT2D eigenvalue weighted by Crippen LogP contribution is 2.29. The Morgan fingerprint density at radius 1 is 1.37 bits per heavy atom. The van der Waals surface area contributed by atoms with Crippen LogP contribution in [0.5, 0.6) is 0 Å². The molecule has 0 spiro atoms. The largest absolute Gasteiger partial charge is 0.396 e. The van der Waals surface area contributed by atoms with Gasteiger partial charge < -0.3 is 16.2 Å². The zero-order chi connectivity index (χ0) is 14.0. The van der Waals surface area contributed by atoms with Crippen molar-refractivity contribution in [2.24, 2.45) is 11.1 Å². The summed E-state index contributed by atoms with van der Waals surface area (Å²) in [6.07, 6.45) is 2.32. The van der Waals surface area contributed by atoms with Crippen molar-refractivity contribution in [2.75, 3.05) is 17.6 Å². The normalized spacial score (nSPS) is 23.5. The number of nitrogens with one attached hydrogen (secondary N) is 1. The Labute approximate surface area is 112 Å². The van der Waals surface area contributed by atoms with Gasteiger partial charge in [0, 0.05) is 6.54 Å². The Bertz CT molecular complexity index is 559. The molecule has 0 amide bonds. The molecule has 7 heteroatoms. The summed E-state index contributed by atoms with van der Waals surface area (Å²) in [5.41, 5.74) is 6.52. The smallest absolute Gasteiger partial charge is 0.240 e. The lowest BCUT2D eigenvalue weighted by Gasteiger charge is -2.15. The lowest BCUT2D eigenvalue weighted by molar-refractivity contribution is 0.178. The number of hydrogen-bond donors (Lipinski definition) is 4. The van der Waals surface area contributed by atoms with Gasteiger partial charge in [0.05, 0.1) is 17.5 Å². The van der Waals surface area contributed by atoms with Crippen LogP contribution < -0.4 is 16.2 Å². The second-order valence-electron chi connectivity index (χ2n) is 4.98. The van der Waals surface area contributed by atoms with E-state index in [2.05, 4.69) is 5.32 Å². The van der Waals surface area contributed by atoms with Gasteiger partial charge in [-0.05, 0) is 37.3 Å². The summed E-state index contributed by atoms with van der Waals surface area (Å²) >= 11 is 0. The molecule has 2 rings (SSSR count). The highest BCUT2D eigenvalue weighted by Gasteiger charge is 2.23. The SMILES string of the molecule is Nc1c(NCC2CCC(O)C2)cccc1S(N)(=O)=O. The fourth-order valence-corrected chi connectivity index (χ4v) is 3.12. The van der Waals surface area contributed by atoms with Gasteiger partial charge in [-0.25, -0.2) is 13.6 Å². The average Bonchev–Trinajstić information content (AvgIpc) is 2.72. The molecule has 1 aliphatic carbocycles. The second kappa shape index (κ2) is 5.36. The third kappa shape index (κ3) is 3.37. The molecule has 0 radical (unpaired) electrons. The maximum Gasteiger partial charge on any atom is 0.240 e. The molecule has 19 heavy (non-hydrogen) atoms. The predicted molar refractivity (Wildman–Crippen MR) is 74.1 cm³/mol. The van der Waals surface area contributed by atoms with E-state index in [1.165, 1.54) is 6.07 Å². The lowest BCUT2D eigenvalue weighted by Crippen LogP contribution is -2.17. The van der Waals surface area contributed by atoms with Gasteiger partial charge in [0.1, 0.15) is 4.90 Å². The Morgan fingerprint density at radius 2 is 2.11 bits per heavy atom. The first-order valence-electron chi connectivity index (χ1n) is 6.21. The van der Waals surface area contributed by atoms with Crippen LogP contribution in [-0.2, 0) is 10.0 Å². The van der Waals surface area contributed by atoms with Crippen LogP contribution in [0, 0.1) is 5.92 Å². The molecule has 6 nitrogen and oxygen atoms in total. The summed E-state index contributed by atoms with van der Waals surface area (Å²) in [7, 11) is -3.81. The van der Waals surface area contributed by atoms with E-state index in [1.807, 2.05) is 0 Å². The van der Waals surface area contributed by atoms with Gasteiger partial charge in [0.15, 0.2) is 0 Å². The minimum absolute atomic E-state index is 0.0658. The van der Waals surface area contributed by atoms with Crippen LogP contribution in [0.4, 0.5) is 11.4 Å². The number of para-hydroxylation sites is 1. The van der Waals surface area contributed by atoms with E-state index in [1.54, 1.807) is 12.1 Å². The predicted octanol–water partition coefficient (Wildman–Crippen LogP) is 0.489. The van der Waals surface area contributed by atoms with Gasteiger partial charge in [-0.2, -0.15) is 0 Å². The molecule has 0 heterocycles. The maximum absolute atomic E-state index is 11.3. The van der Waals surface area contributed by atoms with Gasteiger partial charge >= 0.3 is 0 Å². The van der Waals surface area contributed by atoms with E-state index < -0.39 is 10.0 Å². The molecule has 2 atom stereocenters. The molecular weight excluding hydrogens is 266 g/mol. The van der Waals surface area contributed by atoms with Crippen LogP contribution in [0.25, 0.3) is 0 Å². The van der Waals surface area contributed by atoms with Gasteiger partial charge in [0.25, 0.3) is 0 Å². The molecule has 6 N–H and O–H groups in total. The third-order valence-electron chi connectivity index (χ3n) is 3.47. The standard InChI is InChI=1S/C12H19N3O3S/c13-12-10(2-1-3-11(12)19(14,17)18)15-7-8-4-5-9(16)6-8/h1-3,8-9,15-16H,4-7,13H2,(H2,14,17,18). The number of benzene rings is 1. The second-order valence-corrected chi connectivity index (χ2v) is 6.51. The third-order valence-corrected chi connectivity index (χ3v) is 4.44. The van der Waals surface area contributed by atoms with E-state index in [0.717, 1.165) is 19.3 Å². The molecule has 0 aliphatic heterocycles. The first kappa shape index (κ1) is 14.1.